The molecule has 0 saturated heterocycles. The van der Waals surface area contributed by atoms with E-state index >= 15 is 0 Å². The van der Waals surface area contributed by atoms with Gasteiger partial charge in [-0.15, -0.1) is 0 Å². The SMILES string of the molecule is COc1ccc2ncc(=O)n(CCN3C=CC(N)=CC3)c2c1. The molecule has 114 valence electrons. The van der Waals surface area contributed by atoms with Crippen LogP contribution in [-0.4, -0.2) is 34.7 Å². The Kier molecular flexibility index (Phi) is 3.82. The number of allylic oxidation sites excluding steroid dienone is 1. The molecule has 0 spiro atoms. The predicted molar refractivity (Wildman–Crippen MR) is 85.5 cm³/mol. The highest BCUT2D eigenvalue weighted by Gasteiger charge is 2.08. The Labute approximate surface area is 128 Å². The van der Waals surface area contributed by atoms with Crippen LogP contribution in [0.1, 0.15) is 0 Å². The summed E-state index contributed by atoms with van der Waals surface area (Å²) in [5.74, 6) is 0.710. The van der Waals surface area contributed by atoms with Gasteiger partial charge in [-0.05, 0) is 24.3 Å². The van der Waals surface area contributed by atoms with Crippen molar-refractivity contribution < 1.29 is 4.74 Å². The van der Waals surface area contributed by atoms with E-state index in [2.05, 4.69) is 9.88 Å². The molecule has 22 heavy (non-hydrogen) atoms. The summed E-state index contributed by atoms with van der Waals surface area (Å²) in [6, 6.07) is 5.53. The molecule has 0 fully saturated rings. The molecule has 0 amide bonds. The maximum Gasteiger partial charge on any atom is 0.269 e. The molecule has 1 aromatic heterocycles. The smallest absolute Gasteiger partial charge is 0.269 e. The summed E-state index contributed by atoms with van der Waals surface area (Å²) in [6.45, 7) is 2.04. The van der Waals surface area contributed by atoms with E-state index in [0.717, 1.165) is 29.8 Å². The fourth-order valence-corrected chi connectivity index (χ4v) is 2.44. The fraction of sp³-hybridized carbons (Fsp3) is 0.250. The number of fused-ring (bicyclic) bond motifs is 1. The van der Waals surface area contributed by atoms with Crippen molar-refractivity contribution in [1.82, 2.24) is 14.5 Å². The van der Waals surface area contributed by atoms with Crippen molar-refractivity contribution in [2.75, 3.05) is 20.2 Å². The molecule has 2 N–H and O–H groups in total. The van der Waals surface area contributed by atoms with Crippen LogP contribution in [0.3, 0.4) is 0 Å². The topological polar surface area (TPSA) is 73.4 Å². The van der Waals surface area contributed by atoms with Gasteiger partial charge in [-0.2, -0.15) is 0 Å². The second-order valence-electron chi connectivity index (χ2n) is 5.12. The monoisotopic (exact) mass is 298 g/mol. The lowest BCUT2D eigenvalue weighted by Gasteiger charge is -2.22. The van der Waals surface area contributed by atoms with Crippen molar-refractivity contribution >= 4 is 11.0 Å². The van der Waals surface area contributed by atoms with E-state index in [9.17, 15) is 4.79 Å². The lowest BCUT2D eigenvalue weighted by atomic mass is 10.2. The first kappa shape index (κ1) is 14.2. The highest BCUT2D eigenvalue weighted by Crippen LogP contribution is 2.17. The zero-order valence-electron chi connectivity index (χ0n) is 12.4. The van der Waals surface area contributed by atoms with Crippen LogP contribution >= 0.6 is 0 Å². The molecule has 1 aliphatic heterocycles. The fourth-order valence-electron chi connectivity index (χ4n) is 2.44. The molecule has 1 aliphatic rings. The second kappa shape index (κ2) is 5.93. The Morgan fingerprint density at radius 2 is 2.23 bits per heavy atom. The van der Waals surface area contributed by atoms with E-state index in [-0.39, 0.29) is 5.56 Å². The minimum Gasteiger partial charge on any atom is -0.497 e. The van der Waals surface area contributed by atoms with Gasteiger partial charge in [0.05, 0.1) is 24.3 Å². The Morgan fingerprint density at radius 1 is 1.36 bits per heavy atom. The zero-order chi connectivity index (χ0) is 15.5. The third-order valence-corrected chi connectivity index (χ3v) is 3.70. The van der Waals surface area contributed by atoms with Crippen LogP contribution in [0, 0.1) is 0 Å². The second-order valence-corrected chi connectivity index (χ2v) is 5.12. The quantitative estimate of drug-likeness (QED) is 0.914. The van der Waals surface area contributed by atoms with Crippen LogP contribution in [0.15, 0.2) is 53.2 Å². The number of hydrogen-bond donors (Lipinski definition) is 1. The number of benzene rings is 1. The molecule has 3 rings (SSSR count). The average molecular weight is 298 g/mol. The largest absolute Gasteiger partial charge is 0.497 e. The first-order chi connectivity index (χ1) is 10.7. The van der Waals surface area contributed by atoms with Gasteiger partial charge in [0.15, 0.2) is 0 Å². The van der Waals surface area contributed by atoms with E-state index in [1.165, 1.54) is 6.20 Å². The van der Waals surface area contributed by atoms with Gasteiger partial charge < -0.3 is 19.9 Å². The van der Waals surface area contributed by atoms with Crippen LogP contribution < -0.4 is 16.0 Å². The number of rotatable bonds is 4. The van der Waals surface area contributed by atoms with E-state index in [1.54, 1.807) is 11.7 Å². The van der Waals surface area contributed by atoms with Crippen LogP contribution in [0.5, 0.6) is 5.75 Å². The summed E-state index contributed by atoms with van der Waals surface area (Å²) in [7, 11) is 1.61. The Hall–Kier alpha value is -2.76. The summed E-state index contributed by atoms with van der Waals surface area (Å²) < 4.78 is 6.96. The molecule has 0 radical (unpaired) electrons. The molecule has 0 unspecified atom stereocenters. The van der Waals surface area contributed by atoms with E-state index in [1.807, 2.05) is 36.6 Å². The standard InChI is InChI=1S/C16H18N4O2/c1-22-13-2-3-14-15(10-13)20(16(21)11-18-14)9-8-19-6-4-12(17)5-7-19/h2-6,10-11H,7-9,17H2,1H3. The first-order valence-corrected chi connectivity index (χ1v) is 7.09. The van der Waals surface area contributed by atoms with Gasteiger partial charge in [0.2, 0.25) is 0 Å². The third kappa shape index (κ3) is 2.81. The lowest BCUT2D eigenvalue weighted by molar-refractivity contribution is 0.385. The number of ether oxygens (including phenoxy) is 1. The van der Waals surface area contributed by atoms with E-state index in [4.69, 9.17) is 10.5 Å². The predicted octanol–water partition coefficient (Wildman–Crippen LogP) is 1.08. The number of methoxy groups -OCH3 is 1. The highest BCUT2D eigenvalue weighted by molar-refractivity contribution is 5.76. The Bertz CT molecular complexity index is 807. The zero-order valence-corrected chi connectivity index (χ0v) is 12.4. The van der Waals surface area contributed by atoms with Crippen LogP contribution in [0.4, 0.5) is 0 Å². The molecule has 0 bridgehead atoms. The van der Waals surface area contributed by atoms with Crippen molar-refractivity contribution in [3.05, 3.63) is 58.8 Å². The van der Waals surface area contributed by atoms with Crippen LogP contribution in [0.25, 0.3) is 11.0 Å². The number of hydrogen-bond acceptors (Lipinski definition) is 5. The summed E-state index contributed by atoms with van der Waals surface area (Å²) in [6.07, 6.45) is 7.12. The highest BCUT2D eigenvalue weighted by atomic mass is 16.5. The van der Waals surface area contributed by atoms with Gasteiger partial charge in [-0.3, -0.25) is 4.79 Å². The molecule has 0 aliphatic carbocycles. The summed E-state index contributed by atoms with van der Waals surface area (Å²) in [5, 5.41) is 0. The molecule has 2 aromatic rings. The third-order valence-electron chi connectivity index (χ3n) is 3.70. The van der Waals surface area contributed by atoms with Gasteiger partial charge >= 0.3 is 0 Å². The van der Waals surface area contributed by atoms with Gasteiger partial charge in [-0.1, -0.05) is 0 Å². The lowest BCUT2D eigenvalue weighted by Crippen LogP contribution is -2.29. The van der Waals surface area contributed by atoms with Crippen molar-refractivity contribution in [3.8, 4) is 5.75 Å². The van der Waals surface area contributed by atoms with Crippen molar-refractivity contribution in [2.24, 2.45) is 5.73 Å². The minimum absolute atomic E-state index is 0.114. The van der Waals surface area contributed by atoms with Gasteiger partial charge in [-0.25, -0.2) is 4.98 Å². The van der Waals surface area contributed by atoms with Crippen LogP contribution in [-0.2, 0) is 6.54 Å². The summed E-state index contributed by atoms with van der Waals surface area (Å²) in [4.78, 5) is 18.4. The minimum atomic E-state index is -0.114. The number of nitrogens with zero attached hydrogens (tertiary/aromatic N) is 3. The summed E-state index contributed by atoms with van der Waals surface area (Å²) >= 11 is 0. The van der Waals surface area contributed by atoms with Gasteiger partial charge in [0.1, 0.15) is 5.75 Å². The maximum absolute atomic E-state index is 12.1. The van der Waals surface area contributed by atoms with E-state index in [0.29, 0.717) is 12.3 Å². The molecular weight excluding hydrogens is 280 g/mol. The average Bonchev–Trinajstić information content (AvgIpc) is 2.55. The van der Waals surface area contributed by atoms with Crippen LogP contribution in [0.2, 0.25) is 0 Å². The van der Waals surface area contributed by atoms with Crippen molar-refractivity contribution in [1.29, 1.82) is 0 Å². The Morgan fingerprint density at radius 3 is 2.95 bits per heavy atom. The summed E-state index contributed by atoms with van der Waals surface area (Å²) in [5.41, 5.74) is 7.92. The molecular formula is C16H18N4O2. The molecule has 6 nitrogen and oxygen atoms in total. The van der Waals surface area contributed by atoms with Crippen molar-refractivity contribution in [3.63, 3.8) is 0 Å². The maximum atomic E-state index is 12.1. The number of aromatic nitrogens is 2. The number of nitrogens with two attached hydrogens (primary N) is 1. The molecule has 0 saturated carbocycles. The molecule has 2 heterocycles. The van der Waals surface area contributed by atoms with Gasteiger partial charge in [0, 0.05) is 37.6 Å². The molecule has 1 aromatic carbocycles. The van der Waals surface area contributed by atoms with Crippen molar-refractivity contribution in [2.45, 2.75) is 6.54 Å². The van der Waals surface area contributed by atoms with Gasteiger partial charge in [0.25, 0.3) is 5.56 Å². The Balaban J connectivity index is 1.88. The molecule has 0 atom stereocenters. The first-order valence-electron chi connectivity index (χ1n) is 7.09. The normalized spacial score (nSPS) is 14.2. The molecule has 6 heteroatoms. The van der Waals surface area contributed by atoms with E-state index < -0.39 is 0 Å².